The third-order valence-corrected chi connectivity index (χ3v) is 6.74. The molecule has 0 aromatic heterocycles. The first-order chi connectivity index (χ1) is 16.5. The fraction of sp³-hybridized carbons (Fsp3) is 0.333. The molecule has 2 amide bonds. The van der Waals surface area contributed by atoms with Crippen LogP contribution in [0.5, 0.6) is 5.75 Å². The van der Waals surface area contributed by atoms with E-state index < -0.39 is 11.9 Å². The molecule has 0 saturated carbocycles. The number of rotatable bonds is 7. The van der Waals surface area contributed by atoms with E-state index in [0.29, 0.717) is 24.2 Å². The Bertz CT molecular complexity index is 1180. The number of β-amino-alcohol motifs (C(OH)–C–C–N with tert-alkyl or cyclic N) is 1. The Balaban J connectivity index is 0.00000289. The largest absolute Gasteiger partial charge is 0.488 e. The zero-order chi connectivity index (χ0) is 23.7. The Hall–Kier alpha value is -3.00. The molecule has 184 valence electrons. The summed E-state index contributed by atoms with van der Waals surface area (Å²) < 4.78 is 19.1. The lowest BCUT2D eigenvalue weighted by atomic mass is 9.91. The van der Waals surface area contributed by atoms with E-state index in [4.69, 9.17) is 4.74 Å². The van der Waals surface area contributed by atoms with Gasteiger partial charge in [-0.3, -0.25) is 14.5 Å². The molecule has 8 heteroatoms. The van der Waals surface area contributed by atoms with Crippen LogP contribution in [0, 0.1) is 11.7 Å². The van der Waals surface area contributed by atoms with E-state index >= 15 is 0 Å². The first-order valence-electron chi connectivity index (χ1n) is 11.7. The second-order valence-electron chi connectivity index (χ2n) is 9.07. The SMILES string of the molecule is Cl.O=C1c2cccc3cccc(c23)C(=O)N1CC1CCN(CC(O)COc2ccccc2F)CC1. The quantitative estimate of drug-likeness (QED) is 0.496. The van der Waals surface area contributed by atoms with E-state index in [1.165, 1.54) is 17.0 Å². The number of hydrogen-bond acceptors (Lipinski definition) is 5. The minimum Gasteiger partial charge on any atom is -0.488 e. The Morgan fingerprint density at radius 2 is 1.57 bits per heavy atom. The van der Waals surface area contributed by atoms with Crippen molar-refractivity contribution in [1.29, 1.82) is 0 Å². The topological polar surface area (TPSA) is 70.1 Å². The summed E-state index contributed by atoms with van der Waals surface area (Å²) in [5.74, 6) is -0.556. The van der Waals surface area contributed by atoms with Gasteiger partial charge in [0.2, 0.25) is 0 Å². The molecule has 2 heterocycles. The van der Waals surface area contributed by atoms with E-state index in [1.54, 1.807) is 24.3 Å². The number of carbonyl (C=O) groups is 2. The molecule has 6 nitrogen and oxygen atoms in total. The standard InChI is InChI=1S/C27H27FN2O4.ClH/c28-23-9-1-2-10-24(23)34-17-20(31)16-29-13-11-18(12-14-29)15-30-26(32)21-7-3-5-19-6-4-8-22(25(19)21)27(30)33;/h1-10,18,20,31H,11-17H2;1H. The van der Waals surface area contributed by atoms with Crippen LogP contribution in [0.15, 0.2) is 60.7 Å². The number of piperidine rings is 1. The third-order valence-electron chi connectivity index (χ3n) is 6.74. The second-order valence-corrected chi connectivity index (χ2v) is 9.07. The molecule has 0 aliphatic carbocycles. The monoisotopic (exact) mass is 498 g/mol. The predicted octanol–water partition coefficient (Wildman–Crippen LogP) is 4.15. The van der Waals surface area contributed by atoms with Gasteiger partial charge in [0.15, 0.2) is 11.6 Å². The van der Waals surface area contributed by atoms with Crippen molar-refractivity contribution in [2.45, 2.75) is 18.9 Å². The first kappa shape index (κ1) is 25.1. The molecule has 1 unspecified atom stereocenters. The van der Waals surface area contributed by atoms with Gasteiger partial charge in [-0.15, -0.1) is 12.4 Å². The number of ether oxygens (including phenoxy) is 1. The number of aliphatic hydroxyl groups excluding tert-OH is 1. The van der Waals surface area contributed by atoms with Crippen LogP contribution in [-0.2, 0) is 0 Å². The highest BCUT2D eigenvalue weighted by atomic mass is 35.5. The molecular formula is C27H28ClFN2O4. The molecule has 2 aliphatic rings. The summed E-state index contributed by atoms with van der Waals surface area (Å²) in [7, 11) is 0. The van der Waals surface area contributed by atoms with Crippen molar-refractivity contribution in [2.75, 3.05) is 32.8 Å². The number of halogens is 2. The predicted molar refractivity (Wildman–Crippen MR) is 134 cm³/mol. The van der Waals surface area contributed by atoms with Gasteiger partial charge >= 0.3 is 0 Å². The van der Waals surface area contributed by atoms with Crippen LogP contribution in [-0.4, -0.2) is 65.6 Å². The van der Waals surface area contributed by atoms with Crippen molar-refractivity contribution in [3.05, 3.63) is 77.6 Å². The molecule has 1 atom stereocenters. The van der Waals surface area contributed by atoms with Crippen LogP contribution in [0.3, 0.4) is 0 Å². The minimum absolute atomic E-state index is 0. The number of amides is 2. The van der Waals surface area contributed by atoms with Crippen LogP contribution in [0.1, 0.15) is 33.6 Å². The van der Waals surface area contributed by atoms with Crippen LogP contribution in [0.4, 0.5) is 4.39 Å². The van der Waals surface area contributed by atoms with Crippen LogP contribution < -0.4 is 4.74 Å². The smallest absolute Gasteiger partial charge is 0.261 e. The molecule has 5 rings (SSSR count). The summed E-state index contributed by atoms with van der Waals surface area (Å²) in [6.07, 6.45) is 0.909. The molecule has 3 aromatic rings. The van der Waals surface area contributed by atoms with Gasteiger partial charge in [-0.25, -0.2) is 4.39 Å². The molecule has 0 bridgehead atoms. The summed E-state index contributed by atoms with van der Waals surface area (Å²) >= 11 is 0. The van der Waals surface area contributed by atoms with Gasteiger partial charge < -0.3 is 14.7 Å². The van der Waals surface area contributed by atoms with Gasteiger partial charge in [0.1, 0.15) is 12.7 Å². The van der Waals surface area contributed by atoms with Gasteiger partial charge in [-0.05, 0) is 61.5 Å². The Labute approximate surface area is 209 Å². The first-order valence-corrected chi connectivity index (χ1v) is 11.7. The lowest BCUT2D eigenvalue weighted by molar-refractivity contribution is 0.0448. The molecule has 1 N–H and O–H groups in total. The molecule has 2 aliphatic heterocycles. The van der Waals surface area contributed by atoms with E-state index in [0.717, 1.165) is 36.7 Å². The fourth-order valence-corrected chi connectivity index (χ4v) is 4.95. The van der Waals surface area contributed by atoms with Crippen molar-refractivity contribution >= 4 is 35.0 Å². The highest BCUT2D eigenvalue weighted by molar-refractivity contribution is 6.25. The lowest BCUT2D eigenvalue weighted by Crippen LogP contribution is -2.46. The number of hydrogen-bond donors (Lipinski definition) is 1. The van der Waals surface area contributed by atoms with Crippen molar-refractivity contribution in [2.24, 2.45) is 5.92 Å². The van der Waals surface area contributed by atoms with Gasteiger partial charge in [0, 0.05) is 29.6 Å². The molecule has 35 heavy (non-hydrogen) atoms. The van der Waals surface area contributed by atoms with E-state index in [2.05, 4.69) is 4.90 Å². The zero-order valence-electron chi connectivity index (χ0n) is 19.2. The van der Waals surface area contributed by atoms with Crippen LogP contribution >= 0.6 is 12.4 Å². The zero-order valence-corrected chi connectivity index (χ0v) is 20.0. The highest BCUT2D eigenvalue weighted by Gasteiger charge is 2.34. The Kier molecular flexibility index (Phi) is 7.69. The number of likely N-dealkylation sites (tertiary alicyclic amines) is 1. The van der Waals surface area contributed by atoms with Crippen LogP contribution in [0.2, 0.25) is 0 Å². The average molecular weight is 499 g/mol. The van der Waals surface area contributed by atoms with E-state index in [9.17, 15) is 19.1 Å². The Morgan fingerprint density at radius 3 is 2.20 bits per heavy atom. The summed E-state index contributed by atoms with van der Waals surface area (Å²) in [6.45, 7) is 2.35. The summed E-state index contributed by atoms with van der Waals surface area (Å²) in [5.41, 5.74) is 1.17. The summed E-state index contributed by atoms with van der Waals surface area (Å²) in [4.78, 5) is 29.8. The third kappa shape index (κ3) is 5.17. The summed E-state index contributed by atoms with van der Waals surface area (Å²) in [5, 5.41) is 12.0. The van der Waals surface area contributed by atoms with Gasteiger partial charge in [0.25, 0.3) is 11.8 Å². The minimum atomic E-state index is -0.738. The molecule has 1 fully saturated rings. The maximum atomic E-state index is 13.7. The summed E-state index contributed by atoms with van der Waals surface area (Å²) in [6, 6.07) is 17.3. The van der Waals surface area contributed by atoms with E-state index in [1.807, 2.05) is 24.3 Å². The molecular weight excluding hydrogens is 471 g/mol. The van der Waals surface area contributed by atoms with Crippen molar-refractivity contribution in [1.82, 2.24) is 9.80 Å². The highest BCUT2D eigenvalue weighted by Crippen LogP contribution is 2.31. The van der Waals surface area contributed by atoms with Crippen molar-refractivity contribution in [3.8, 4) is 5.75 Å². The number of para-hydroxylation sites is 1. The van der Waals surface area contributed by atoms with Crippen molar-refractivity contribution < 1.29 is 23.8 Å². The molecule has 1 saturated heterocycles. The maximum Gasteiger partial charge on any atom is 0.261 e. The Morgan fingerprint density at radius 1 is 0.943 bits per heavy atom. The lowest BCUT2D eigenvalue weighted by Gasteiger charge is -2.36. The van der Waals surface area contributed by atoms with E-state index in [-0.39, 0.29) is 42.5 Å². The number of aliphatic hydroxyl groups is 1. The van der Waals surface area contributed by atoms with Crippen molar-refractivity contribution in [3.63, 3.8) is 0 Å². The van der Waals surface area contributed by atoms with Gasteiger partial charge in [-0.1, -0.05) is 36.4 Å². The van der Waals surface area contributed by atoms with Gasteiger partial charge in [-0.2, -0.15) is 0 Å². The average Bonchev–Trinajstić information content (AvgIpc) is 2.85. The molecule has 0 spiro atoms. The number of benzene rings is 3. The molecule has 3 aromatic carbocycles. The number of nitrogens with zero attached hydrogens (tertiary/aromatic N) is 2. The fourth-order valence-electron chi connectivity index (χ4n) is 4.95. The van der Waals surface area contributed by atoms with Gasteiger partial charge in [0.05, 0.1) is 0 Å². The number of imide groups is 1. The van der Waals surface area contributed by atoms with Crippen LogP contribution in [0.25, 0.3) is 10.8 Å². The maximum absolute atomic E-state index is 13.7. The second kappa shape index (κ2) is 10.7. The normalized spacial score (nSPS) is 17.4. The molecule has 0 radical (unpaired) electrons. The number of carbonyl (C=O) groups excluding carboxylic acids is 2.